The molecule has 3 rings (SSSR count). The highest BCUT2D eigenvalue weighted by Crippen LogP contribution is 2.08. The van der Waals surface area contributed by atoms with Crippen LogP contribution in [0, 0.1) is 12.7 Å². The molecule has 1 fully saturated rings. The Hall–Kier alpha value is -2.40. The highest BCUT2D eigenvalue weighted by atomic mass is 19.1. The summed E-state index contributed by atoms with van der Waals surface area (Å²) in [5.74, 6) is -0.195. The molecule has 0 aliphatic carbocycles. The molecule has 1 N–H and O–H groups in total. The molecule has 0 aromatic heterocycles. The van der Waals surface area contributed by atoms with Gasteiger partial charge in [-0.15, -0.1) is 0 Å². The molecule has 0 bridgehead atoms. The fourth-order valence-corrected chi connectivity index (χ4v) is 3.22. The monoisotopic (exact) mass is 355 g/mol. The summed E-state index contributed by atoms with van der Waals surface area (Å²) < 4.78 is 12.9. The number of aryl methyl sites for hydroxylation is 1. The zero-order valence-electron chi connectivity index (χ0n) is 15.2. The molecule has 2 aromatic carbocycles. The van der Waals surface area contributed by atoms with Crippen LogP contribution in [-0.4, -0.2) is 48.6 Å². The van der Waals surface area contributed by atoms with E-state index in [-0.39, 0.29) is 11.8 Å². The first-order valence-electron chi connectivity index (χ1n) is 9.15. The number of carbonyl (C=O) groups excluding carboxylic acids is 1. The average molecular weight is 355 g/mol. The van der Waals surface area contributed by atoms with Crippen molar-refractivity contribution in [2.24, 2.45) is 0 Å². The standard InChI is InChI=1S/C21H26FN3O/c1-17-3-2-4-19(15-17)16-23-21(26)25-13-11-24(12-14-25)10-9-18-5-7-20(22)8-6-18/h2-8,15H,9-14,16H2,1H3,(H,23,26). The molecule has 1 aliphatic rings. The summed E-state index contributed by atoms with van der Waals surface area (Å²) in [5, 5.41) is 3.01. The van der Waals surface area contributed by atoms with E-state index < -0.39 is 0 Å². The lowest BCUT2D eigenvalue weighted by Gasteiger charge is -2.34. The molecule has 138 valence electrons. The van der Waals surface area contributed by atoms with Crippen molar-refractivity contribution in [1.82, 2.24) is 15.1 Å². The number of hydrogen-bond acceptors (Lipinski definition) is 2. The van der Waals surface area contributed by atoms with Crippen LogP contribution < -0.4 is 5.32 Å². The molecule has 1 saturated heterocycles. The summed E-state index contributed by atoms with van der Waals surface area (Å²) in [5.41, 5.74) is 3.47. The second kappa shape index (κ2) is 8.81. The quantitative estimate of drug-likeness (QED) is 0.894. The summed E-state index contributed by atoms with van der Waals surface area (Å²) in [6.07, 6.45) is 0.903. The van der Waals surface area contributed by atoms with Crippen LogP contribution in [0.5, 0.6) is 0 Å². The SMILES string of the molecule is Cc1cccc(CNC(=O)N2CCN(CCc3ccc(F)cc3)CC2)c1. The topological polar surface area (TPSA) is 35.6 Å². The molecule has 0 unspecified atom stereocenters. The second-order valence-corrected chi connectivity index (χ2v) is 6.85. The van der Waals surface area contributed by atoms with Crippen LogP contribution in [0.1, 0.15) is 16.7 Å². The zero-order valence-corrected chi connectivity index (χ0v) is 15.2. The minimum absolute atomic E-state index is 0.00434. The van der Waals surface area contributed by atoms with E-state index in [1.807, 2.05) is 29.2 Å². The van der Waals surface area contributed by atoms with E-state index in [4.69, 9.17) is 0 Å². The molecule has 1 heterocycles. The lowest BCUT2D eigenvalue weighted by atomic mass is 10.1. The van der Waals surface area contributed by atoms with Crippen LogP contribution in [0.2, 0.25) is 0 Å². The number of rotatable bonds is 5. The van der Waals surface area contributed by atoms with Crippen LogP contribution in [0.3, 0.4) is 0 Å². The van der Waals surface area contributed by atoms with Gasteiger partial charge in [-0.05, 0) is 36.6 Å². The molecular weight excluding hydrogens is 329 g/mol. The molecule has 0 atom stereocenters. The summed E-state index contributed by atoms with van der Waals surface area (Å²) >= 11 is 0. The van der Waals surface area contributed by atoms with Gasteiger partial charge in [0.25, 0.3) is 0 Å². The molecule has 0 spiro atoms. The van der Waals surface area contributed by atoms with Crippen LogP contribution >= 0.6 is 0 Å². The van der Waals surface area contributed by atoms with Gasteiger partial charge < -0.3 is 10.2 Å². The summed E-state index contributed by atoms with van der Waals surface area (Å²) in [6.45, 7) is 6.77. The maximum atomic E-state index is 12.9. The van der Waals surface area contributed by atoms with Gasteiger partial charge in [0.2, 0.25) is 0 Å². The van der Waals surface area contributed by atoms with Crippen molar-refractivity contribution < 1.29 is 9.18 Å². The Bertz CT molecular complexity index is 724. The largest absolute Gasteiger partial charge is 0.334 e. The van der Waals surface area contributed by atoms with Crippen molar-refractivity contribution in [3.05, 3.63) is 71.0 Å². The molecule has 0 saturated carbocycles. The number of carbonyl (C=O) groups is 1. The Labute approximate surface area is 154 Å². The minimum atomic E-state index is -0.195. The first-order chi connectivity index (χ1) is 12.6. The second-order valence-electron chi connectivity index (χ2n) is 6.85. The van der Waals surface area contributed by atoms with E-state index in [9.17, 15) is 9.18 Å². The van der Waals surface area contributed by atoms with Gasteiger partial charge in [0, 0.05) is 39.3 Å². The number of nitrogens with one attached hydrogen (secondary N) is 1. The average Bonchev–Trinajstić information content (AvgIpc) is 2.66. The fraction of sp³-hybridized carbons (Fsp3) is 0.381. The van der Waals surface area contributed by atoms with Gasteiger partial charge in [0.1, 0.15) is 5.82 Å². The van der Waals surface area contributed by atoms with Gasteiger partial charge in [-0.3, -0.25) is 4.90 Å². The van der Waals surface area contributed by atoms with Crippen LogP contribution in [0.4, 0.5) is 9.18 Å². The Kier molecular flexibility index (Phi) is 6.23. The number of amides is 2. The molecule has 1 aliphatic heterocycles. The van der Waals surface area contributed by atoms with Gasteiger partial charge in [-0.25, -0.2) is 9.18 Å². The lowest BCUT2D eigenvalue weighted by Crippen LogP contribution is -2.51. The molecule has 2 aromatic rings. The van der Waals surface area contributed by atoms with Crippen molar-refractivity contribution in [1.29, 1.82) is 0 Å². The van der Waals surface area contributed by atoms with Gasteiger partial charge in [-0.2, -0.15) is 0 Å². The summed E-state index contributed by atoms with van der Waals surface area (Å²) in [4.78, 5) is 16.6. The Morgan fingerprint density at radius 2 is 1.77 bits per heavy atom. The highest BCUT2D eigenvalue weighted by Gasteiger charge is 2.20. The predicted octanol–water partition coefficient (Wildman–Crippen LogP) is 3.20. The predicted molar refractivity (Wildman–Crippen MR) is 102 cm³/mol. The van der Waals surface area contributed by atoms with Crippen LogP contribution in [-0.2, 0) is 13.0 Å². The molecule has 5 heteroatoms. The van der Waals surface area contributed by atoms with Crippen molar-refractivity contribution in [2.45, 2.75) is 19.9 Å². The number of hydrogen-bond donors (Lipinski definition) is 1. The first-order valence-corrected chi connectivity index (χ1v) is 9.15. The number of urea groups is 1. The normalized spacial score (nSPS) is 15.1. The highest BCUT2D eigenvalue weighted by molar-refractivity contribution is 5.74. The third-order valence-electron chi connectivity index (χ3n) is 4.82. The summed E-state index contributed by atoms with van der Waals surface area (Å²) in [6, 6.07) is 14.9. The van der Waals surface area contributed by atoms with Gasteiger partial charge >= 0.3 is 6.03 Å². The van der Waals surface area contributed by atoms with Gasteiger partial charge in [0.15, 0.2) is 0 Å². The minimum Gasteiger partial charge on any atom is -0.334 e. The van der Waals surface area contributed by atoms with Crippen molar-refractivity contribution >= 4 is 6.03 Å². The third-order valence-corrected chi connectivity index (χ3v) is 4.82. The number of halogens is 1. The van der Waals surface area contributed by atoms with Crippen molar-refractivity contribution in [3.63, 3.8) is 0 Å². The Morgan fingerprint density at radius 3 is 2.46 bits per heavy atom. The van der Waals surface area contributed by atoms with E-state index in [0.29, 0.717) is 6.54 Å². The number of piperazine rings is 1. The molecule has 0 radical (unpaired) electrons. The molecular formula is C21H26FN3O. The lowest BCUT2D eigenvalue weighted by molar-refractivity contribution is 0.140. The van der Waals surface area contributed by atoms with E-state index >= 15 is 0 Å². The fourth-order valence-electron chi connectivity index (χ4n) is 3.22. The van der Waals surface area contributed by atoms with Gasteiger partial charge in [0.05, 0.1) is 0 Å². The number of nitrogens with zero attached hydrogens (tertiary/aromatic N) is 2. The van der Waals surface area contributed by atoms with Crippen molar-refractivity contribution in [2.75, 3.05) is 32.7 Å². The Balaban J connectivity index is 1.38. The van der Waals surface area contributed by atoms with E-state index in [2.05, 4.69) is 29.3 Å². The third kappa shape index (κ3) is 5.30. The smallest absolute Gasteiger partial charge is 0.317 e. The zero-order chi connectivity index (χ0) is 18.4. The van der Waals surface area contributed by atoms with Gasteiger partial charge in [-0.1, -0.05) is 42.0 Å². The van der Waals surface area contributed by atoms with Crippen molar-refractivity contribution in [3.8, 4) is 0 Å². The van der Waals surface area contributed by atoms with Crippen LogP contribution in [0.15, 0.2) is 48.5 Å². The van der Waals surface area contributed by atoms with E-state index in [0.717, 1.165) is 50.3 Å². The van der Waals surface area contributed by atoms with E-state index in [1.165, 1.54) is 17.7 Å². The van der Waals surface area contributed by atoms with Crippen LogP contribution in [0.25, 0.3) is 0 Å². The maximum absolute atomic E-state index is 12.9. The molecule has 2 amide bonds. The molecule has 4 nitrogen and oxygen atoms in total. The molecule has 26 heavy (non-hydrogen) atoms. The maximum Gasteiger partial charge on any atom is 0.317 e. The summed E-state index contributed by atoms with van der Waals surface area (Å²) in [7, 11) is 0. The first kappa shape index (κ1) is 18.4. The number of benzene rings is 2. The Morgan fingerprint density at radius 1 is 1.04 bits per heavy atom. The van der Waals surface area contributed by atoms with E-state index in [1.54, 1.807) is 0 Å².